The average molecular weight is 305 g/mol. The molecule has 1 fully saturated rings. The highest BCUT2D eigenvalue weighted by Crippen LogP contribution is 2.50. The maximum Gasteiger partial charge on any atom is 0.0873 e. The third kappa shape index (κ3) is 2.12. The van der Waals surface area contributed by atoms with E-state index in [9.17, 15) is 0 Å². The molecule has 0 bridgehead atoms. The van der Waals surface area contributed by atoms with Crippen molar-refractivity contribution in [1.82, 2.24) is 4.90 Å². The molecule has 0 N–H and O–H groups in total. The second kappa shape index (κ2) is 5.53. The Hall–Kier alpha value is -2.08. The minimum Gasteiger partial charge on any atom is -0.372 e. The molecule has 3 heteroatoms. The predicted octanol–water partition coefficient (Wildman–Crippen LogP) is 2.88. The van der Waals surface area contributed by atoms with Crippen LogP contribution in [0.4, 0.5) is 0 Å². The van der Waals surface area contributed by atoms with Crippen LogP contribution in [-0.2, 0) is 0 Å². The van der Waals surface area contributed by atoms with E-state index in [-0.39, 0.29) is 5.41 Å². The van der Waals surface area contributed by atoms with Crippen molar-refractivity contribution in [2.24, 2.45) is 10.4 Å². The van der Waals surface area contributed by atoms with Crippen LogP contribution in [0, 0.1) is 16.7 Å². The van der Waals surface area contributed by atoms with Crippen LogP contribution in [0.2, 0.25) is 0 Å². The van der Waals surface area contributed by atoms with Gasteiger partial charge in [-0.25, -0.2) is 4.99 Å². The standard InChI is InChI=1S/C20H23N3/c1-2-20(10-5-12-21)11-6-13-23-14-9-16-15-7-3-4-8-17(15)22-18(16)19(20)23/h3-4,7-8H,2,5-6,9-11,13-14H2,1H3. The maximum atomic E-state index is 9.12. The number of allylic oxidation sites excluding steroid dienone is 2. The number of rotatable bonds is 3. The average Bonchev–Trinajstić information content (AvgIpc) is 2.98. The van der Waals surface area contributed by atoms with Gasteiger partial charge in [-0.05, 0) is 43.7 Å². The molecule has 4 rings (SSSR count). The molecular formula is C20H23N3. The van der Waals surface area contributed by atoms with Gasteiger partial charge >= 0.3 is 0 Å². The molecule has 0 amide bonds. The number of hydrogen-bond acceptors (Lipinski definition) is 3. The molecule has 0 saturated carbocycles. The van der Waals surface area contributed by atoms with E-state index in [1.165, 1.54) is 35.0 Å². The molecule has 3 heterocycles. The lowest BCUT2D eigenvalue weighted by Gasteiger charge is -2.48. The molecule has 1 aromatic carbocycles. The summed E-state index contributed by atoms with van der Waals surface area (Å²) in [6, 6.07) is 10.9. The minimum atomic E-state index is 0.139. The van der Waals surface area contributed by atoms with E-state index in [1.807, 2.05) is 0 Å². The fourth-order valence-electron chi connectivity index (χ4n) is 4.70. The van der Waals surface area contributed by atoms with Crippen molar-refractivity contribution in [3.8, 4) is 6.07 Å². The van der Waals surface area contributed by atoms with E-state index in [2.05, 4.69) is 42.2 Å². The molecule has 0 aliphatic carbocycles. The lowest BCUT2D eigenvalue weighted by molar-refractivity contribution is 0.136. The molecule has 1 unspecified atom stereocenters. The first-order chi connectivity index (χ1) is 11.3. The molecule has 0 aromatic heterocycles. The quantitative estimate of drug-likeness (QED) is 0.861. The van der Waals surface area contributed by atoms with E-state index in [0.29, 0.717) is 6.42 Å². The minimum absolute atomic E-state index is 0.139. The molecule has 0 radical (unpaired) electrons. The van der Waals surface area contributed by atoms with Gasteiger partial charge in [-0.1, -0.05) is 25.1 Å². The highest BCUT2D eigenvalue weighted by atomic mass is 15.2. The number of para-hydroxylation sites is 1. The SMILES string of the molecule is CCC1(CCC#N)CCCN2CCC3=c4ccccc4=NC3=C21. The van der Waals surface area contributed by atoms with Crippen molar-refractivity contribution in [3.05, 3.63) is 46.2 Å². The van der Waals surface area contributed by atoms with Crippen molar-refractivity contribution in [3.63, 3.8) is 0 Å². The smallest absolute Gasteiger partial charge is 0.0873 e. The van der Waals surface area contributed by atoms with E-state index in [4.69, 9.17) is 10.3 Å². The normalized spacial score (nSPS) is 25.4. The molecular weight excluding hydrogens is 282 g/mol. The Morgan fingerprint density at radius 2 is 2.17 bits per heavy atom. The molecule has 23 heavy (non-hydrogen) atoms. The first-order valence-corrected chi connectivity index (χ1v) is 8.83. The topological polar surface area (TPSA) is 39.4 Å². The van der Waals surface area contributed by atoms with Crippen molar-refractivity contribution >= 4 is 5.57 Å². The second-order valence-electron chi connectivity index (χ2n) is 6.94. The Balaban J connectivity index is 1.94. The number of fused-ring (bicyclic) bond motifs is 3. The molecule has 3 aliphatic heterocycles. The summed E-state index contributed by atoms with van der Waals surface area (Å²) in [5.41, 5.74) is 4.25. The molecule has 3 nitrogen and oxygen atoms in total. The molecule has 1 saturated heterocycles. The molecule has 118 valence electrons. The lowest BCUT2D eigenvalue weighted by atomic mass is 9.69. The van der Waals surface area contributed by atoms with Crippen LogP contribution in [-0.4, -0.2) is 18.0 Å². The molecule has 0 spiro atoms. The Labute approximate surface area is 137 Å². The Kier molecular flexibility index (Phi) is 3.49. The van der Waals surface area contributed by atoms with Crippen molar-refractivity contribution < 1.29 is 0 Å². The van der Waals surface area contributed by atoms with Crippen molar-refractivity contribution in [1.29, 1.82) is 5.26 Å². The number of nitriles is 1. The van der Waals surface area contributed by atoms with Gasteiger partial charge in [0.2, 0.25) is 0 Å². The summed E-state index contributed by atoms with van der Waals surface area (Å²) in [5.74, 6) is 0. The Bertz CT molecular complexity index is 827. The first-order valence-electron chi connectivity index (χ1n) is 8.83. The molecule has 3 aliphatic rings. The highest BCUT2D eigenvalue weighted by molar-refractivity contribution is 5.69. The zero-order valence-electron chi connectivity index (χ0n) is 13.8. The lowest BCUT2D eigenvalue weighted by Crippen LogP contribution is -2.44. The van der Waals surface area contributed by atoms with E-state index < -0.39 is 0 Å². The number of benzene rings is 1. The van der Waals surface area contributed by atoms with Gasteiger partial charge in [0, 0.05) is 35.8 Å². The monoisotopic (exact) mass is 305 g/mol. The number of hydrogen-bond donors (Lipinski definition) is 0. The van der Waals surface area contributed by atoms with Crippen molar-refractivity contribution in [2.45, 2.75) is 45.4 Å². The van der Waals surface area contributed by atoms with Gasteiger partial charge in [0.15, 0.2) is 0 Å². The van der Waals surface area contributed by atoms with Gasteiger partial charge in [0.25, 0.3) is 0 Å². The van der Waals surface area contributed by atoms with Crippen LogP contribution in [0.1, 0.15) is 45.4 Å². The summed E-state index contributed by atoms with van der Waals surface area (Å²) < 4.78 is 0. The van der Waals surface area contributed by atoms with Gasteiger partial charge in [0.05, 0.1) is 17.1 Å². The predicted molar refractivity (Wildman–Crippen MR) is 90.7 cm³/mol. The van der Waals surface area contributed by atoms with Gasteiger partial charge in [-0.2, -0.15) is 5.26 Å². The third-order valence-corrected chi connectivity index (χ3v) is 5.90. The third-order valence-electron chi connectivity index (χ3n) is 5.90. The van der Waals surface area contributed by atoms with Gasteiger partial charge in [-0.3, -0.25) is 0 Å². The van der Waals surface area contributed by atoms with Gasteiger partial charge in [-0.15, -0.1) is 0 Å². The zero-order chi connectivity index (χ0) is 15.9. The van der Waals surface area contributed by atoms with Crippen LogP contribution < -0.4 is 10.6 Å². The Morgan fingerprint density at radius 3 is 3.00 bits per heavy atom. The van der Waals surface area contributed by atoms with E-state index in [1.54, 1.807) is 0 Å². The van der Waals surface area contributed by atoms with Crippen LogP contribution >= 0.6 is 0 Å². The van der Waals surface area contributed by atoms with Crippen LogP contribution in [0.3, 0.4) is 0 Å². The largest absolute Gasteiger partial charge is 0.372 e. The van der Waals surface area contributed by atoms with Gasteiger partial charge in [0.1, 0.15) is 0 Å². The summed E-state index contributed by atoms with van der Waals surface area (Å²) in [7, 11) is 0. The summed E-state index contributed by atoms with van der Waals surface area (Å²) >= 11 is 0. The fourth-order valence-corrected chi connectivity index (χ4v) is 4.70. The summed E-state index contributed by atoms with van der Waals surface area (Å²) in [5, 5.41) is 11.6. The first kappa shape index (κ1) is 14.5. The van der Waals surface area contributed by atoms with E-state index >= 15 is 0 Å². The van der Waals surface area contributed by atoms with E-state index in [0.717, 1.165) is 37.7 Å². The second-order valence-corrected chi connectivity index (χ2v) is 6.94. The number of piperidine rings is 1. The highest BCUT2D eigenvalue weighted by Gasteiger charge is 2.43. The van der Waals surface area contributed by atoms with Crippen LogP contribution in [0.15, 0.2) is 40.7 Å². The molecule has 1 atom stereocenters. The fraction of sp³-hybridized carbons (Fsp3) is 0.500. The summed E-state index contributed by atoms with van der Waals surface area (Å²) in [6.07, 6.45) is 6.23. The summed E-state index contributed by atoms with van der Waals surface area (Å²) in [6.45, 7) is 4.53. The van der Waals surface area contributed by atoms with Crippen LogP contribution in [0.25, 0.3) is 5.57 Å². The zero-order valence-corrected chi connectivity index (χ0v) is 13.8. The summed E-state index contributed by atoms with van der Waals surface area (Å²) in [4.78, 5) is 7.60. The maximum absolute atomic E-state index is 9.12. The molecule has 1 aromatic rings. The Morgan fingerprint density at radius 1 is 1.30 bits per heavy atom. The van der Waals surface area contributed by atoms with Crippen molar-refractivity contribution in [2.75, 3.05) is 13.1 Å². The van der Waals surface area contributed by atoms with Gasteiger partial charge < -0.3 is 4.90 Å². The number of nitrogens with zero attached hydrogens (tertiary/aromatic N) is 3. The van der Waals surface area contributed by atoms with Crippen LogP contribution in [0.5, 0.6) is 0 Å².